The number of carbonyl (C=O) groups is 1. The number of anilines is 1. The quantitative estimate of drug-likeness (QED) is 0.867. The summed E-state index contributed by atoms with van der Waals surface area (Å²) in [5.74, 6) is -0.100. The number of benzene rings is 1. The summed E-state index contributed by atoms with van der Waals surface area (Å²) >= 11 is 0. The van der Waals surface area contributed by atoms with Gasteiger partial charge in [0.2, 0.25) is 5.91 Å². The smallest absolute Gasteiger partial charge is 0.229 e. The second-order valence-corrected chi connectivity index (χ2v) is 4.54. The Morgan fingerprint density at radius 3 is 3.06 bits per heavy atom. The van der Waals surface area contributed by atoms with Crippen LogP contribution < -0.4 is 5.32 Å². The van der Waals surface area contributed by atoms with Crippen molar-refractivity contribution in [2.45, 2.75) is 19.8 Å². The second-order valence-electron chi connectivity index (χ2n) is 4.54. The topological polar surface area (TPSA) is 62.1 Å². The van der Waals surface area contributed by atoms with Gasteiger partial charge < -0.3 is 10.1 Å². The first kappa shape index (κ1) is 12.6. The Balaban J connectivity index is 2.08. The van der Waals surface area contributed by atoms with Crippen LogP contribution in [0, 0.1) is 24.2 Å². The molecule has 18 heavy (non-hydrogen) atoms. The molecule has 1 saturated heterocycles. The van der Waals surface area contributed by atoms with Crippen LogP contribution >= 0.6 is 0 Å². The van der Waals surface area contributed by atoms with Gasteiger partial charge in [-0.15, -0.1) is 0 Å². The average Bonchev–Trinajstić information content (AvgIpc) is 2.42. The molecule has 0 aliphatic carbocycles. The van der Waals surface area contributed by atoms with Crippen molar-refractivity contribution in [3.8, 4) is 6.07 Å². The summed E-state index contributed by atoms with van der Waals surface area (Å²) < 4.78 is 5.30. The van der Waals surface area contributed by atoms with Crippen LogP contribution in [0.4, 0.5) is 5.69 Å². The molecule has 1 atom stereocenters. The number of nitriles is 1. The molecule has 1 fully saturated rings. The number of rotatable bonds is 2. The molecule has 1 N–H and O–H groups in total. The molecule has 0 bridgehead atoms. The highest BCUT2D eigenvalue weighted by atomic mass is 16.5. The zero-order valence-electron chi connectivity index (χ0n) is 10.4. The summed E-state index contributed by atoms with van der Waals surface area (Å²) in [5.41, 5.74) is 2.22. The molecule has 0 spiro atoms. The Morgan fingerprint density at radius 2 is 2.39 bits per heavy atom. The number of hydrogen-bond acceptors (Lipinski definition) is 3. The van der Waals surface area contributed by atoms with E-state index in [1.165, 1.54) is 0 Å². The Labute approximate surface area is 107 Å². The molecule has 1 aromatic carbocycles. The molecule has 94 valence electrons. The number of hydrogen-bond donors (Lipinski definition) is 1. The van der Waals surface area contributed by atoms with Gasteiger partial charge >= 0.3 is 0 Å². The SMILES string of the molecule is Cc1ccc(C#N)cc1NC(=O)C1CCCOC1. The van der Waals surface area contributed by atoms with Gasteiger partial charge in [0, 0.05) is 12.3 Å². The lowest BCUT2D eigenvalue weighted by molar-refractivity contribution is -0.123. The summed E-state index contributed by atoms with van der Waals surface area (Å²) in [5, 5.41) is 11.7. The fourth-order valence-corrected chi connectivity index (χ4v) is 2.01. The predicted octanol–water partition coefficient (Wildman–Crippen LogP) is 2.23. The predicted molar refractivity (Wildman–Crippen MR) is 68.1 cm³/mol. The van der Waals surface area contributed by atoms with Crippen molar-refractivity contribution in [2.75, 3.05) is 18.5 Å². The normalized spacial score (nSPS) is 19.0. The second kappa shape index (κ2) is 5.65. The Bertz CT molecular complexity index is 485. The summed E-state index contributed by atoms with van der Waals surface area (Å²) in [7, 11) is 0. The lowest BCUT2D eigenvalue weighted by Crippen LogP contribution is -2.30. The molecule has 1 amide bonds. The monoisotopic (exact) mass is 244 g/mol. The number of ether oxygens (including phenoxy) is 1. The number of aryl methyl sites for hydroxylation is 1. The maximum Gasteiger partial charge on any atom is 0.229 e. The standard InChI is InChI=1S/C14H16N2O2/c1-10-4-5-11(8-15)7-13(10)16-14(17)12-3-2-6-18-9-12/h4-5,7,12H,2-3,6,9H2,1H3,(H,16,17). The number of nitrogens with zero attached hydrogens (tertiary/aromatic N) is 1. The summed E-state index contributed by atoms with van der Waals surface area (Å²) in [6.45, 7) is 3.14. The van der Waals surface area contributed by atoms with Crippen molar-refractivity contribution < 1.29 is 9.53 Å². The highest BCUT2D eigenvalue weighted by Gasteiger charge is 2.22. The minimum atomic E-state index is -0.0797. The molecule has 1 aliphatic heterocycles. The zero-order chi connectivity index (χ0) is 13.0. The van der Waals surface area contributed by atoms with Crippen molar-refractivity contribution in [3.63, 3.8) is 0 Å². The molecule has 4 heteroatoms. The van der Waals surface area contributed by atoms with Gasteiger partial charge in [-0.05, 0) is 37.5 Å². The minimum absolute atomic E-state index is 0.0205. The Hall–Kier alpha value is -1.86. The summed E-state index contributed by atoms with van der Waals surface area (Å²) in [4.78, 5) is 12.0. The molecule has 0 radical (unpaired) electrons. The van der Waals surface area contributed by atoms with E-state index in [-0.39, 0.29) is 11.8 Å². The van der Waals surface area contributed by atoms with Gasteiger partial charge in [0.1, 0.15) is 0 Å². The van der Waals surface area contributed by atoms with E-state index in [2.05, 4.69) is 11.4 Å². The first-order valence-corrected chi connectivity index (χ1v) is 6.10. The van der Waals surface area contributed by atoms with Gasteiger partial charge in [-0.2, -0.15) is 5.26 Å². The highest BCUT2D eigenvalue weighted by molar-refractivity contribution is 5.93. The Morgan fingerprint density at radius 1 is 1.56 bits per heavy atom. The maximum atomic E-state index is 12.0. The van der Waals surface area contributed by atoms with Gasteiger partial charge in [-0.1, -0.05) is 6.07 Å². The van der Waals surface area contributed by atoms with Gasteiger partial charge in [-0.3, -0.25) is 4.79 Å². The fraction of sp³-hybridized carbons (Fsp3) is 0.429. The van der Waals surface area contributed by atoms with Crippen LogP contribution in [0.3, 0.4) is 0 Å². The third kappa shape index (κ3) is 2.88. The van der Waals surface area contributed by atoms with E-state index in [1.807, 2.05) is 13.0 Å². The van der Waals surface area contributed by atoms with Crippen LogP contribution in [-0.4, -0.2) is 19.1 Å². The van der Waals surface area contributed by atoms with Crippen LogP contribution in [0.2, 0.25) is 0 Å². The van der Waals surface area contributed by atoms with E-state index < -0.39 is 0 Å². The van der Waals surface area contributed by atoms with Crippen molar-refractivity contribution in [1.29, 1.82) is 5.26 Å². The molecule has 1 unspecified atom stereocenters. The van der Waals surface area contributed by atoms with Crippen molar-refractivity contribution in [3.05, 3.63) is 29.3 Å². The van der Waals surface area contributed by atoms with Crippen molar-refractivity contribution in [2.24, 2.45) is 5.92 Å². The van der Waals surface area contributed by atoms with Gasteiger partial charge in [0.25, 0.3) is 0 Å². The van der Waals surface area contributed by atoms with Crippen LogP contribution in [-0.2, 0) is 9.53 Å². The van der Waals surface area contributed by atoms with Crippen LogP contribution in [0.15, 0.2) is 18.2 Å². The molecular formula is C14H16N2O2. The van der Waals surface area contributed by atoms with E-state index in [0.29, 0.717) is 17.9 Å². The molecule has 2 rings (SSSR count). The lowest BCUT2D eigenvalue weighted by atomic mass is 10.0. The Kier molecular flexibility index (Phi) is 3.96. The maximum absolute atomic E-state index is 12.0. The molecule has 4 nitrogen and oxygen atoms in total. The van der Waals surface area contributed by atoms with Crippen LogP contribution in [0.1, 0.15) is 24.0 Å². The van der Waals surface area contributed by atoms with Gasteiger partial charge in [0.05, 0.1) is 24.2 Å². The number of amides is 1. The van der Waals surface area contributed by atoms with Crippen molar-refractivity contribution >= 4 is 11.6 Å². The van der Waals surface area contributed by atoms with Crippen LogP contribution in [0.25, 0.3) is 0 Å². The highest BCUT2D eigenvalue weighted by Crippen LogP contribution is 2.20. The zero-order valence-corrected chi connectivity index (χ0v) is 10.4. The lowest BCUT2D eigenvalue weighted by Gasteiger charge is -2.21. The van der Waals surface area contributed by atoms with E-state index in [1.54, 1.807) is 12.1 Å². The number of carbonyl (C=O) groups excluding carboxylic acids is 1. The molecule has 1 aromatic rings. The largest absolute Gasteiger partial charge is 0.381 e. The van der Waals surface area contributed by atoms with Crippen molar-refractivity contribution in [1.82, 2.24) is 0 Å². The van der Waals surface area contributed by atoms with Crippen LogP contribution in [0.5, 0.6) is 0 Å². The number of nitrogens with one attached hydrogen (secondary N) is 1. The van der Waals surface area contributed by atoms with E-state index in [4.69, 9.17) is 10.00 Å². The molecular weight excluding hydrogens is 228 g/mol. The summed E-state index contributed by atoms with van der Waals surface area (Å²) in [6, 6.07) is 7.36. The first-order valence-electron chi connectivity index (χ1n) is 6.10. The van der Waals surface area contributed by atoms with E-state index >= 15 is 0 Å². The molecule has 0 aromatic heterocycles. The van der Waals surface area contributed by atoms with E-state index in [9.17, 15) is 4.79 Å². The molecule has 1 heterocycles. The van der Waals surface area contributed by atoms with E-state index in [0.717, 1.165) is 25.0 Å². The average molecular weight is 244 g/mol. The van der Waals surface area contributed by atoms with Gasteiger partial charge in [0.15, 0.2) is 0 Å². The third-order valence-corrected chi connectivity index (χ3v) is 3.16. The minimum Gasteiger partial charge on any atom is -0.381 e. The third-order valence-electron chi connectivity index (χ3n) is 3.16. The first-order chi connectivity index (χ1) is 8.70. The fourth-order valence-electron chi connectivity index (χ4n) is 2.01. The molecule has 0 saturated carbocycles. The molecule has 1 aliphatic rings. The summed E-state index contributed by atoms with van der Waals surface area (Å²) in [6.07, 6.45) is 1.79. The van der Waals surface area contributed by atoms with Gasteiger partial charge in [-0.25, -0.2) is 0 Å².